The van der Waals surface area contributed by atoms with Gasteiger partial charge in [0.05, 0.1) is 17.5 Å². The van der Waals surface area contributed by atoms with E-state index < -0.39 is 0 Å². The highest BCUT2D eigenvalue weighted by atomic mass is 35.5. The highest BCUT2D eigenvalue weighted by Crippen LogP contribution is 2.26. The van der Waals surface area contributed by atoms with Crippen molar-refractivity contribution >= 4 is 34.3 Å². The highest BCUT2D eigenvalue weighted by molar-refractivity contribution is 7.11. The molecule has 0 bridgehead atoms. The smallest absolute Gasteiger partial charge is 0.222 e. The number of halogens is 1. The SMILES string of the molecule is Oc1csc(Cc2nc(-c3ccc(Cl)cc3)cs2)n1. The summed E-state index contributed by atoms with van der Waals surface area (Å²) in [6, 6.07) is 7.62. The van der Waals surface area contributed by atoms with Crippen molar-refractivity contribution < 1.29 is 5.11 Å². The minimum Gasteiger partial charge on any atom is -0.493 e. The maximum Gasteiger partial charge on any atom is 0.222 e. The molecule has 1 N–H and O–H groups in total. The first-order valence-electron chi connectivity index (χ1n) is 5.54. The molecule has 0 saturated heterocycles. The van der Waals surface area contributed by atoms with Crippen LogP contribution >= 0.6 is 34.3 Å². The van der Waals surface area contributed by atoms with E-state index >= 15 is 0 Å². The monoisotopic (exact) mass is 308 g/mol. The molecule has 2 aromatic heterocycles. The van der Waals surface area contributed by atoms with E-state index in [0.717, 1.165) is 26.3 Å². The van der Waals surface area contributed by atoms with Gasteiger partial charge in [0.1, 0.15) is 10.0 Å². The van der Waals surface area contributed by atoms with Crippen LogP contribution in [0.5, 0.6) is 5.88 Å². The van der Waals surface area contributed by atoms with Gasteiger partial charge in [0.2, 0.25) is 5.88 Å². The van der Waals surface area contributed by atoms with Gasteiger partial charge in [-0.15, -0.1) is 22.7 Å². The number of nitrogens with zero attached hydrogens (tertiary/aromatic N) is 2. The molecule has 0 atom stereocenters. The summed E-state index contributed by atoms with van der Waals surface area (Å²) in [5.41, 5.74) is 1.99. The Hall–Kier alpha value is -1.43. The van der Waals surface area contributed by atoms with Crippen molar-refractivity contribution in [3.63, 3.8) is 0 Å². The van der Waals surface area contributed by atoms with Crippen LogP contribution in [-0.2, 0) is 6.42 Å². The molecule has 0 aliphatic heterocycles. The fraction of sp³-hybridized carbons (Fsp3) is 0.0769. The molecule has 0 amide bonds. The summed E-state index contributed by atoms with van der Waals surface area (Å²) < 4.78 is 0. The minimum atomic E-state index is 0.0782. The van der Waals surface area contributed by atoms with E-state index in [4.69, 9.17) is 11.6 Å². The third-order valence-electron chi connectivity index (χ3n) is 2.53. The quantitative estimate of drug-likeness (QED) is 0.788. The Labute approximate surface area is 123 Å². The number of aromatic nitrogens is 2. The maximum absolute atomic E-state index is 9.21. The average Bonchev–Trinajstić information content (AvgIpc) is 3.00. The van der Waals surface area contributed by atoms with E-state index in [9.17, 15) is 5.11 Å². The van der Waals surface area contributed by atoms with Crippen molar-refractivity contribution in [2.75, 3.05) is 0 Å². The summed E-state index contributed by atoms with van der Waals surface area (Å²) in [6.07, 6.45) is 0.656. The van der Waals surface area contributed by atoms with Crippen LogP contribution in [0.3, 0.4) is 0 Å². The number of thiazole rings is 2. The van der Waals surface area contributed by atoms with Crippen LogP contribution in [0.4, 0.5) is 0 Å². The molecular weight excluding hydrogens is 300 g/mol. The van der Waals surface area contributed by atoms with E-state index in [1.807, 2.05) is 29.6 Å². The van der Waals surface area contributed by atoms with E-state index in [1.165, 1.54) is 11.3 Å². The first-order chi connectivity index (χ1) is 9.20. The molecule has 0 fully saturated rings. The van der Waals surface area contributed by atoms with Crippen molar-refractivity contribution in [3.05, 3.63) is 50.1 Å². The molecule has 3 aromatic rings. The maximum atomic E-state index is 9.21. The Morgan fingerprint density at radius 1 is 1.00 bits per heavy atom. The summed E-state index contributed by atoms with van der Waals surface area (Å²) in [5.74, 6) is 0.0782. The van der Waals surface area contributed by atoms with E-state index in [2.05, 4.69) is 9.97 Å². The third-order valence-corrected chi connectivity index (χ3v) is 4.47. The molecule has 0 spiro atoms. The second-order valence-electron chi connectivity index (χ2n) is 3.91. The lowest BCUT2D eigenvalue weighted by molar-refractivity contribution is 0.456. The van der Waals surface area contributed by atoms with Crippen molar-refractivity contribution in [2.24, 2.45) is 0 Å². The van der Waals surface area contributed by atoms with Gasteiger partial charge in [-0.2, -0.15) is 0 Å². The molecule has 19 heavy (non-hydrogen) atoms. The molecule has 6 heteroatoms. The van der Waals surface area contributed by atoms with Gasteiger partial charge in [-0.3, -0.25) is 0 Å². The van der Waals surface area contributed by atoms with Crippen molar-refractivity contribution in [1.82, 2.24) is 9.97 Å². The van der Waals surface area contributed by atoms with E-state index in [0.29, 0.717) is 6.42 Å². The third kappa shape index (κ3) is 2.94. The van der Waals surface area contributed by atoms with Crippen molar-refractivity contribution in [3.8, 4) is 17.1 Å². The lowest BCUT2D eigenvalue weighted by Crippen LogP contribution is -1.86. The summed E-state index contributed by atoms with van der Waals surface area (Å²) >= 11 is 8.90. The highest BCUT2D eigenvalue weighted by Gasteiger charge is 2.08. The van der Waals surface area contributed by atoms with Crippen LogP contribution in [0, 0.1) is 0 Å². The van der Waals surface area contributed by atoms with Crippen molar-refractivity contribution in [1.29, 1.82) is 0 Å². The summed E-state index contributed by atoms with van der Waals surface area (Å²) in [7, 11) is 0. The van der Waals surface area contributed by atoms with Crippen LogP contribution in [0.2, 0.25) is 5.02 Å². The first kappa shape index (κ1) is 12.6. The molecule has 0 aliphatic rings. The predicted molar refractivity (Wildman–Crippen MR) is 79.1 cm³/mol. The van der Waals surface area contributed by atoms with Gasteiger partial charge in [0, 0.05) is 16.0 Å². The number of hydrogen-bond donors (Lipinski definition) is 1. The summed E-state index contributed by atoms with van der Waals surface area (Å²) in [6.45, 7) is 0. The van der Waals surface area contributed by atoms with Gasteiger partial charge in [-0.05, 0) is 12.1 Å². The fourth-order valence-corrected chi connectivity index (χ4v) is 3.34. The molecule has 0 saturated carbocycles. The Morgan fingerprint density at radius 3 is 2.37 bits per heavy atom. The average molecular weight is 309 g/mol. The summed E-state index contributed by atoms with van der Waals surface area (Å²) in [4.78, 5) is 8.60. The number of rotatable bonds is 3. The Bertz CT molecular complexity index is 691. The van der Waals surface area contributed by atoms with Crippen LogP contribution in [0.25, 0.3) is 11.3 Å². The predicted octanol–water partition coefficient (Wildman–Crippen LogP) is 4.22. The van der Waals surface area contributed by atoms with Gasteiger partial charge in [-0.1, -0.05) is 23.7 Å². The van der Waals surface area contributed by atoms with Crippen LogP contribution in [0.15, 0.2) is 35.0 Å². The molecular formula is C13H9ClN2OS2. The topological polar surface area (TPSA) is 46.0 Å². The number of hydrogen-bond acceptors (Lipinski definition) is 5. The number of benzene rings is 1. The standard InChI is InChI=1S/C13H9ClN2OS2/c14-9-3-1-8(2-4-9)10-6-18-12(15-10)5-13-16-11(17)7-19-13/h1-4,6-7,17H,5H2. The van der Waals surface area contributed by atoms with E-state index in [-0.39, 0.29) is 5.88 Å². The van der Waals surface area contributed by atoms with Crippen molar-refractivity contribution in [2.45, 2.75) is 6.42 Å². The zero-order valence-corrected chi connectivity index (χ0v) is 12.1. The van der Waals surface area contributed by atoms with Crippen LogP contribution in [-0.4, -0.2) is 15.1 Å². The Kier molecular flexibility index (Phi) is 3.50. The molecule has 1 aromatic carbocycles. The molecule has 2 heterocycles. The van der Waals surface area contributed by atoms with Gasteiger partial charge in [0.25, 0.3) is 0 Å². The molecule has 3 nitrogen and oxygen atoms in total. The molecule has 96 valence electrons. The van der Waals surface area contributed by atoms with Crippen LogP contribution in [0.1, 0.15) is 10.0 Å². The molecule has 0 radical (unpaired) electrons. The lowest BCUT2D eigenvalue weighted by Gasteiger charge is -1.96. The lowest BCUT2D eigenvalue weighted by atomic mass is 10.2. The largest absolute Gasteiger partial charge is 0.493 e. The Morgan fingerprint density at radius 2 is 1.68 bits per heavy atom. The normalized spacial score (nSPS) is 10.8. The van der Waals surface area contributed by atoms with Gasteiger partial charge in [-0.25, -0.2) is 9.97 Å². The number of aromatic hydroxyl groups is 1. The first-order valence-corrected chi connectivity index (χ1v) is 7.68. The molecule has 0 aliphatic carbocycles. The zero-order chi connectivity index (χ0) is 13.2. The Balaban J connectivity index is 1.81. The zero-order valence-electron chi connectivity index (χ0n) is 9.71. The van der Waals surface area contributed by atoms with E-state index in [1.54, 1.807) is 16.7 Å². The molecule has 0 unspecified atom stereocenters. The fourth-order valence-electron chi connectivity index (χ4n) is 1.66. The molecule has 3 rings (SSSR count). The van der Waals surface area contributed by atoms with Gasteiger partial charge in [0.15, 0.2) is 0 Å². The van der Waals surface area contributed by atoms with Gasteiger partial charge >= 0.3 is 0 Å². The van der Waals surface area contributed by atoms with Gasteiger partial charge < -0.3 is 5.11 Å². The minimum absolute atomic E-state index is 0.0782. The van der Waals surface area contributed by atoms with Crippen LogP contribution < -0.4 is 0 Å². The summed E-state index contributed by atoms with van der Waals surface area (Å²) in [5, 5.41) is 15.4. The second kappa shape index (κ2) is 5.28. The second-order valence-corrected chi connectivity index (χ2v) is 6.23.